The van der Waals surface area contributed by atoms with Crippen LogP contribution in [0.25, 0.3) is 11.1 Å². The number of allylic oxidation sites excluding steroid dienone is 9. The second-order valence-electron chi connectivity index (χ2n) is 11.2. The molecular weight excluding hydrogens is 582 g/mol. The van der Waals surface area contributed by atoms with E-state index in [1.807, 2.05) is 92.0 Å². The quantitative estimate of drug-likeness (QED) is 0.149. The molecule has 0 amide bonds. The molecule has 0 aromatic heterocycles. The van der Waals surface area contributed by atoms with Gasteiger partial charge in [0.25, 0.3) is 0 Å². The summed E-state index contributed by atoms with van der Waals surface area (Å²) in [6.45, 7) is 8.01. The maximum atomic E-state index is 13.7. The molecule has 0 spiro atoms. The number of para-hydroxylation sites is 1. The van der Waals surface area contributed by atoms with Crippen molar-refractivity contribution in [1.82, 2.24) is 0 Å². The third-order valence-corrected chi connectivity index (χ3v) is 8.18. The molecule has 0 radical (unpaired) electrons. The lowest BCUT2D eigenvalue weighted by Gasteiger charge is -2.30. The average molecular weight is 624 g/mol. The number of hydrogen-bond acceptors (Lipinski definition) is 5. The van der Waals surface area contributed by atoms with Crippen LogP contribution in [0.3, 0.4) is 0 Å². The van der Waals surface area contributed by atoms with Gasteiger partial charge in [0.05, 0.1) is 24.7 Å². The Kier molecular flexibility index (Phi) is 11.4. The third-order valence-electron chi connectivity index (χ3n) is 8.18. The van der Waals surface area contributed by atoms with Crippen molar-refractivity contribution >= 4 is 23.3 Å². The van der Waals surface area contributed by atoms with Gasteiger partial charge in [-0.25, -0.2) is 4.79 Å². The van der Waals surface area contributed by atoms with Gasteiger partial charge in [-0.1, -0.05) is 104 Å². The summed E-state index contributed by atoms with van der Waals surface area (Å²) < 4.78 is 11.2. The van der Waals surface area contributed by atoms with Crippen LogP contribution in [0.4, 0.5) is 11.4 Å². The van der Waals surface area contributed by atoms with E-state index in [1.54, 1.807) is 13.0 Å². The Hall–Kier alpha value is -5.42. The fraction of sp³-hybridized carbons (Fsp3) is 0.190. The minimum Gasteiger partial charge on any atom is -0.466 e. The van der Waals surface area contributed by atoms with Crippen molar-refractivity contribution in [2.24, 2.45) is 5.92 Å². The van der Waals surface area contributed by atoms with Gasteiger partial charge in [0, 0.05) is 17.6 Å². The highest BCUT2D eigenvalue weighted by molar-refractivity contribution is 5.96. The standard InChI is InChI=1S/C42H41NO4/c1-4-7-17-34(30-43(35-22-15-10-16-23-35)36-26-24-32(25-27-36)31-18-11-8-12-19-31)38-29-39(41(44)46-5-2)37(33-20-13-9-14-21-33)28-40(38)42(45)47-6-3/h4,7-13,15-20,22-28,30,39H,1,5-6,14,21,29H2,2-3H3/b17-7-,34-30-. The lowest BCUT2D eigenvalue weighted by atomic mass is 9.76. The van der Waals surface area contributed by atoms with E-state index in [1.165, 1.54) is 0 Å². The zero-order chi connectivity index (χ0) is 33.0. The molecule has 0 saturated heterocycles. The Labute approximate surface area is 278 Å². The van der Waals surface area contributed by atoms with Gasteiger partial charge in [0.1, 0.15) is 0 Å². The van der Waals surface area contributed by atoms with Gasteiger partial charge in [0.2, 0.25) is 0 Å². The van der Waals surface area contributed by atoms with Crippen LogP contribution in [-0.2, 0) is 19.1 Å². The first-order valence-corrected chi connectivity index (χ1v) is 16.2. The van der Waals surface area contributed by atoms with E-state index in [0.29, 0.717) is 11.1 Å². The third kappa shape index (κ3) is 8.06. The number of esters is 2. The number of benzene rings is 3. The molecule has 3 aromatic carbocycles. The van der Waals surface area contributed by atoms with Gasteiger partial charge in [-0.05, 0) is 96.9 Å². The van der Waals surface area contributed by atoms with Crippen LogP contribution in [0.15, 0.2) is 168 Å². The van der Waals surface area contributed by atoms with Gasteiger partial charge in [-0.15, -0.1) is 0 Å². The molecule has 1 atom stereocenters. The number of carbonyl (C=O) groups is 2. The summed E-state index contributed by atoms with van der Waals surface area (Å²) in [4.78, 5) is 29.3. The Morgan fingerprint density at radius 3 is 2.17 bits per heavy atom. The summed E-state index contributed by atoms with van der Waals surface area (Å²) in [7, 11) is 0. The molecule has 0 N–H and O–H groups in total. The maximum Gasteiger partial charge on any atom is 0.338 e. The highest BCUT2D eigenvalue weighted by Crippen LogP contribution is 2.41. The fourth-order valence-electron chi connectivity index (χ4n) is 5.91. The van der Waals surface area contributed by atoms with E-state index < -0.39 is 11.9 Å². The van der Waals surface area contributed by atoms with E-state index in [2.05, 4.69) is 54.0 Å². The summed E-state index contributed by atoms with van der Waals surface area (Å²) >= 11 is 0. The highest BCUT2D eigenvalue weighted by Gasteiger charge is 2.35. The van der Waals surface area contributed by atoms with Crippen LogP contribution < -0.4 is 4.90 Å². The Balaban J connectivity index is 1.70. The minimum absolute atomic E-state index is 0.233. The first kappa shape index (κ1) is 33.0. The zero-order valence-corrected chi connectivity index (χ0v) is 27.1. The van der Waals surface area contributed by atoms with Gasteiger partial charge in [0.15, 0.2) is 0 Å². The normalized spacial score (nSPS) is 16.4. The first-order valence-electron chi connectivity index (χ1n) is 16.2. The van der Waals surface area contributed by atoms with Gasteiger partial charge in [-0.3, -0.25) is 4.79 Å². The molecule has 5 rings (SSSR count). The summed E-state index contributed by atoms with van der Waals surface area (Å²) in [6.07, 6.45) is 17.4. The predicted molar refractivity (Wildman–Crippen MR) is 191 cm³/mol. The van der Waals surface area contributed by atoms with Crippen molar-refractivity contribution in [2.75, 3.05) is 18.1 Å². The molecule has 2 aliphatic rings. The maximum absolute atomic E-state index is 13.7. The number of nitrogens with zero attached hydrogens (tertiary/aromatic N) is 1. The first-order chi connectivity index (χ1) is 23.0. The Bertz CT molecular complexity index is 1760. The molecule has 0 heterocycles. The van der Waals surface area contributed by atoms with Crippen molar-refractivity contribution in [3.63, 3.8) is 0 Å². The van der Waals surface area contributed by atoms with E-state index >= 15 is 0 Å². The number of rotatable bonds is 12. The number of anilines is 2. The van der Waals surface area contributed by atoms with E-state index in [-0.39, 0.29) is 25.6 Å². The fourth-order valence-corrected chi connectivity index (χ4v) is 5.91. The molecule has 5 heteroatoms. The van der Waals surface area contributed by atoms with Gasteiger partial charge >= 0.3 is 11.9 Å². The molecule has 1 unspecified atom stereocenters. The topological polar surface area (TPSA) is 55.8 Å². The summed E-state index contributed by atoms with van der Waals surface area (Å²) in [5, 5.41) is 0. The Morgan fingerprint density at radius 2 is 1.53 bits per heavy atom. The van der Waals surface area contributed by atoms with Gasteiger partial charge in [-0.2, -0.15) is 0 Å². The smallest absolute Gasteiger partial charge is 0.338 e. The molecule has 0 fully saturated rings. The average Bonchev–Trinajstić information content (AvgIpc) is 3.12. The minimum atomic E-state index is -0.572. The van der Waals surface area contributed by atoms with Crippen LogP contribution in [0.2, 0.25) is 0 Å². The second-order valence-corrected chi connectivity index (χ2v) is 11.2. The molecule has 0 saturated carbocycles. The summed E-state index contributed by atoms with van der Waals surface area (Å²) in [5.74, 6) is -1.31. The van der Waals surface area contributed by atoms with Crippen molar-refractivity contribution in [3.05, 3.63) is 168 Å². The molecule has 0 aliphatic heterocycles. The monoisotopic (exact) mass is 623 g/mol. The van der Waals surface area contributed by atoms with Crippen LogP contribution in [0.5, 0.6) is 0 Å². The number of carbonyl (C=O) groups excluding carboxylic acids is 2. The summed E-state index contributed by atoms with van der Waals surface area (Å²) in [6, 6.07) is 28.7. The molecular formula is C42H41NO4. The molecule has 2 aliphatic carbocycles. The molecule has 47 heavy (non-hydrogen) atoms. The Morgan fingerprint density at radius 1 is 0.872 bits per heavy atom. The van der Waals surface area contributed by atoms with E-state index in [9.17, 15) is 9.59 Å². The molecule has 0 bridgehead atoms. The summed E-state index contributed by atoms with van der Waals surface area (Å²) in [5.41, 5.74) is 7.86. The van der Waals surface area contributed by atoms with E-state index in [4.69, 9.17) is 9.47 Å². The van der Waals surface area contributed by atoms with Crippen LogP contribution in [0, 0.1) is 5.92 Å². The zero-order valence-electron chi connectivity index (χ0n) is 27.1. The van der Waals surface area contributed by atoms with Crippen molar-refractivity contribution in [2.45, 2.75) is 33.1 Å². The predicted octanol–water partition coefficient (Wildman–Crippen LogP) is 9.76. The van der Waals surface area contributed by atoms with E-state index in [0.717, 1.165) is 52.1 Å². The SMILES string of the molecule is C=C/C=C\C(=C\N(c1ccccc1)c1ccc(-c2ccccc2)cc1)C1=C(C(=O)OCC)C=C(C2=CC=CCC2)C(C(=O)OCC)C1. The van der Waals surface area contributed by atoms with Crippen molar-refractivity contribution in [1.29, 1.82) is 0 Å². The lowest BCUT2D eigenvalue weighted by Crippen LogP contribution is -2.27. The largest absolute Gasteiger partial charge is 0.466 e. The lowest BCUT2D eigenvalue weighted by molar-refractivity contribution is -0.146. The molecule has 5 nitrogen and oxygen atoms in total. The van der Waals surface area contributed by atoms with Crippen LogP contribution in [0.1, 0.15) is 33.1 Å². The van der Waals surface area contributed by atoms with Crippen molar-refractivity contribution in [3.8, 4) is 11.1 Å². The van der Waals surface area contributed by atoms with Crippen LogP contribution in [-0.4, -0.2) is 25.2 Å². The van der Waals surface area contributed by atoms with Crippen LogP contribution >= 0.6 is 0 Å². The van der Waals surface area contributed by atoms with Gasteiger partial charge < -0.3 is 14.4 Å². The second kappa shape index (κ2) is 16.2. The molecule has 3 aromatic rings. The number of hydrogen-bond donors (Lipinski definition) is 0. The van der Waals surface area contributed by atoms with Crippen molar-refractivity contribution < 1.29 is 19.1 Å². The number of ether oxygens (including phenoxy) is 2. The molecule has 238 valence electrons. The highest BCUT2D eigenvalue weighted by atomic mass is 16.5.